The van der Waals surface area contributed by atoms with Crippen molar-refractivity contribution >= 4 is 54.9 Å². The van der Waals surface area contributed by atoms with Crippen LogP contribution in [0.3, 0.4) is 0 Å². The molecular weight excluding hydrogens is 845 g/mol. The number of benzene rings is 8. The molecule has 0 aliphatic heterocycles. The third kappa shape index (κ3) is 6.64. The van der Waals surface area contributed by atoms with Gasteiger partial charge in [0.2, 0.25) is 11.9 Å². The highest BCUT2D eigenvalue weighted by Gasteiger charge is 2.23. The van der Waals surface area contributed by atoms with Gasteiger partial charge in [0.25, 0.3) is 0 Å². The molecule has 67 heavy (non-hydrogen) atoms. The molecule has 0 atom stereocenters. The zero-order valence-corrected chi connectivity index (χ0v) is 36.3. The van der Waals surface area contributed by atoms with Gasteiger partial charge in [-0.05, 0) is 36.4 Å². The summed E-state index contributed by atoms with van der Waals surface area (Å²) in [6, 6.07) is 69.8. The third-order valence-corrected chi connectivity index (χ3v) is 13.1. The fourth-order valence-electron chi connectivity index (χ4n) is 8.96. The van der Waals surface area contributed by atoms with Gasteiger partial charge in [0.1, 0.15) is 10.0 Å². The quantitative estimate of drug-likeness (QED) is 0.148. The van der Waals surface area contributed by atoms with E-state index in [-0.39, 0.29) is 0 Å². The van der Waals surface area contributed by atoms with Gasteiger partial charge < -0.3 is 0 Å². The van der Waals surface area contributed by atoms with Crippen LogP contribution in [0.25, 0.3) is 122 Å². The minimum absolute atomic E-state index is 0.517. The first-order chi connectivity index (χ1) is 33.2. The van der Waals surface area contributed by atoms with E-state index in [9.17, 15) is 0 Å². The van der Waals surface area contributed by atoms with Gasteiger partial charge in [-0.3, -0.25) is 9.13 Å². The van der Waals surface area contributed by atoms with Gasteiger partial charge in [-0.1, -0.05) is 181 Å². The molecule has 0 unspecified atom stereocenters. The first kappa shape index (κ1) is 38.4. The predicted octanol–water partition coefficient (Wildman–Crippen LogP) is 13.1. The largest absolute Gasteiger partial charge is 0.278 e. The van der Waals surface area contributed by atoms with E-state index in [0.717, 1.165) is 87.0 Å². The van der Waals surface area contributed by atoms with Crippen molar-refractivity contribution in [3.63, 3.8) is 0 Å². The molecule has 314 valence electrons. The van der Waals surface area contributed by atoms with Crippen molar-refractivity contribution in [1.29, 1.82) is 0 Å². The second-order valence-corrected chi connectivity index (χ2v) is 17.1. The number of rotatable bonds is 8. The second-order valence-electron chi connectivity index (χ2n) is 16.1. The number of para-hydroxylation sites is 3. The minimum atomic E-state index is 0.517. The molecule has 10 nitrogen and oxygen atoms in total. The molecule has 0 radical (unpaired) electrons. The summed E-state index contributed by atoms with van der Waals surface area (Å²) in [6.07, 6.45) is 0. The van der Waals surface area contributed by atoms with Crippen molar-refractivity contribution in [2.24, 2.45) is 0 Å². The zero-order chi connectivity index (χ0) is 44.3. The Bertz CT molecular complexity index is 3860. The maximum atomic E-state index is 5.17. The summed E-state index contributed by atoms with van der Waals surface area (Å²) in [4.78, 5) is 30.5. The molecule has 0 aliphatic carbocycles. The Morgan fingerprint density at radius 3 is 1.25 bits per heavy atom. The molecule has 0 fully saturated rings. The van der Waals surface area contributed by atoms with Crippen LogP contribution in [0.2, 0.25) is 0 Å². The first-order valence-electron chi connectivity index (χ1n) is 21.9. The Morgan fingerprint density at radius 2 is 0.716 bits per heavy atom. The summed E-state index contributed by atoms with van der Waals surface area (Å²) in [5.74, 6) is 3.44. The minimum Gasteiger partial charge on any atom is -0.278 e. The SMILES string of the molecule is c1ccc(-c2nc(-c3ccccc3)nc(-n3c4ccccc4c4cc(-c5nnc(-c6cccc7c8ccccc8n(-c8nc(-c9ccccc9)nc(-c9ccccc9)n8)c67)s5)ccc43)n2)cc1. The van der Waals surface area contributed by atoms with Crippen molar-refractivity contribution < 1.29 is 0 Å². The molecular formula is C56H34N10S. The van der Waals surface area contributed by atoms with E-state index in [1.165, 1.54) is 0 Å². The molecule has 0 saturated carbocycles. The molecule has 0 aliphatic rings. The average molecular weight is 879 g/mol. The summed E-state index contributed by atoms with van der Waals surface area (Å²) in [6.45, 7) is 0. The molecule has 0 spiro atoms. The van der Waals surface area contributed by atoms with Gasteiger partial charge in [0.05, 0.1) is 22.1 Å². The van der Waals surface area contributed by atoms with Crippen LogP contribution >= 0.6 is 11.3 Å². The highest BCUT2D eigenvalue weighted by molar-refractivity contribution is 7.18. The van der Waals surface area contributed by atoms with E-state index in [4.69, 9.17) is 40.1 Å². The number of hydrogen-bond donors (Lipinski definition) is 0. The van der Waals surface area contributed by atoms with E-state index < -0.39 is 0 Å². The smallest absolute Gasteiger partial charge is 0.238 e. The van der Waals surface area contributed by atoms with Crippen LogP contribution in [0.1, 0.15) is 0 Å². The third-order valence-electron chi connectivity index (χ3n) is 12.0. The van der Waals surface area contributed by atoms with Gasteiger partial charge in [-0.25, -0.2) is 9.97 Å². The first-order valence-corrected chi connectivity index (χ1v) is 22.7. The lowest BCUT2D eigenvalue weighted by Gasteiger charge is -2.12. The summed E-state index contributed by atoms with van der Waals surface area (Å²) >= 11 is 1.56. The molecule has 13 rings (SSSR count). The van der Waals surface area contributed by atoms with Crippen molar-refractivity contribution in [2.75, 3.05) is 0 Å². The number of fused-ring (bicyclic) bond motifs is 6. The Labute approximate surface area is 387 Å². The standard InChI is InChI=1S/C56H34N10S/c1-5-18-35(19-6-1)49-57-50(36-20-7-2-8-21-36)60-55(59-49)65-45-30-15-14-27-41(45)44-34-39(32-33-47(44)65)53-63-64-54(67-53)43-29-17-28-42-40-26-13-16-31-46(40)66(48(42)43)56-61-51(37-22-9-3-10-23-37)58-52(62-56)38-24-11-4-12-25-38/h1-34H. The monoisotopic (exact) mass is 878 g/mol. The van der Waals surface area contributed by atoms with Crippen LogP contribution < -0.4 is 0 Å². The predicted molar refractivity (Wildman–Crippen MR) is 268 cm³/mol. The molecule has 0 bridgehead atoms. The topological polar surface area (TPSA) is 113 Å². The van der Waals surface area contributed by atoms with Crippen LogP contribution in [-0.2, 0) is 0 Å². The molecule has 0 amide bonds. The Morgan fingerprint density at radius 1 is 0.299 bits per heavy atom. The van der Waals surface area contributed by atoms with Crippen molar-refractivity contribution in [3.8, 4) is 78.6 Å². The van der Waals surface area contributed by atoms with Crippen LogP contribution in [0.4, 0.5) is 0 Å². The lowest BCUT2D eigenvalue weighted by molar-refractivity contribution is 0.953. The van der Waals surface area contributed by atoms with Crippen LogP contribution in [0.15, 0.2) is 206 Å². The van der Waals surface area contributed by atoms with Gasteiger partial charge >= 0.3 is 0 Å². The molecule has 5 heterocycles. The Hall–Kier alpha value is -9.06. The van der Waals surface area contributed by atoms with Crippen LogP contribution in [-0.4, -0.2) is 49.2 Å². The molecule has 5 aromatic heterocycles. The van der Waals surface area contributed by atoms with E-state index >= 15 is 0 Å². The molecule has 8 aromatic carbocycles. The fourth-order valence-corrected chi connectivity index (χ4v) is 9.83. The number of aromatic nitrogens is 10. The normalized spacial score (nSPS) is 11.6. The Kier molecular flexibility index (Phi) is 9.10. The van der Waals surface area contributed by atoms with Crippen LogP contribution in [0.5, 0.6) is 0 Å². The van der Waals surface area contributed by atoms with Crippen molar-refractivity contribution in [3.05, 3.63) is 206 Å². The lowest BCUT2D eigenvalue weighted by Crippen LogP contribution is -2.06. The van der Waals surface area contributed by atoms with E-state index in [0.29, 0.717) is 35.2 Å². The van der Waals surface area contributed by atoms with E-state index in [1.807, 2.05) is 121 Å². The summed E-state index contributed by atoms with van der Waals surface area (Å²) in [7, 11) is 0. The summed E-state index contributed by atoms with van der Waals surface area (Å²) in [5.41, 5.74) is 9.39. The second kappa shape index (κ2) is 15.9. The zero-order valence-electron chi connectivity index (χ0n) is 35.5. The van der Waals surface area contributed by atoms with E-state index in [1.54, 1.807) is 11.3 Å². The molecule has 0 saturated heterocycles. The fraction of sp³-hybridized carbons (Fsp3) is 0. The van der Waals surface area contributed by atoms with Gasteiger partial charge in [0, 0.05) is 54.9 Å². The number of nitrogens with zero attached hydrogens (tertiary/aromatic N) is 10. The van der Waals surface area contributed by atoms with Crippen molar-refractivity contribution in [1.82, 2.24) is 49.2 Å². The lowest BCUT2D eigenvalue weighted by atomic mass is 10.1. The number of hydrogen-bond acceptors (Lipinski definition) is 9. The Balaban J connectivity index is 0.962. The van der Waals surface area contributed by atoms with Crippen LogP contribution in [0, 0.1) is 0 Å². The molecule has 0 N–H and O–H groups in total. The average Bonchev–Trinajstić information content (AvgIpc) is 4.13. The molecule has 11 heteroatoms. The van der Waals surface area contributed by atoms with Gasteiger partial charge in [-0.15, -0.1) is 10.2 Å². The summed E-state index contributed by atoms with van der Waals surface area (Å²) in [5, 5.41) is 15.6. The van der Waals surface area contributed by atoms with Gasteiger partial charge in [0.15, 0.2) is 23.3 Å². The maximum Gasteiger partial charge on any atom is 0.238 e. The maximum absolute atomic E-state index is 5.17. The molecule has 13 aromatic rings. The summed E-state index contributed by atoms with van der Waals surface area (Å²) < 4.78 is 4.28. The highest BCUT2D eigenvalue weighted by Crippen LogP contribution is 2.41. The van der Waals surface area contributed by atoms with E-state index in [2.05, 4.69) is 94.1 Å². The highest BCUT2D eigenvalue weighted by atomic mass is 32.1. The van der Waals surface area contributed by atoms with Crippen molar-refractivity contribution in [2.45, 2.75) is 0 Å². The van der Waals surface area contributed by atoms with Gasteiger partial charge in [-0.2, -0.15) is 19.9 Å².